The normalized spacial score (nSPS) is 9.86. The number of ether oxygens (including phenoxy) is 1. The number of para-hydroxylation sites is 1. The molecule has 2 aromatic carbocycles. The number of anilines is 1. The molecule has 0 saturated carbocycles. The van der Waals surface area contributed by atoms with Gasteiger partial charge >= 0.3 is 5.97 Å². The van der Waals surface area contributed by atoms with E-state index < -0.39 is 16.8 Å². The monoisotopic (exact) mass is 300 g/mol. The number of nitro benzene ring substituents is 1. The van der Waals surface area contributed by atoms with E-state index in [1.54, 1.807) is 12.1 Å². The quantitative estimate of drug-likeness (QED) is 0.405. The lowest BCUT2D eigenvalue weighted by atomic mass is 10.2. The fraction of sp³-hybridized carbons (Fsp3) is 0.0667. The molecule has 7 heteroatoms. The van der Waals surface area contributed by atoms with Crippen LogP contribution in [0.1, 0.15) is 17.3 Å². The number of amides is 1. The second-order valence-corrected chi connectivity index (χ2v) is 4.35. The van der Waals surface area contributed by atoms with Gasteiger partial charge in [0, 0.05) is 24.7 Å². The van der Waals surface area contributed by atoms with Crippen LogP contribution < -0.4 is 10.1 Å². The molecule has 0 atom stereocenters. The van der Waals surface area contributed by atoms with Gasteiger partial charge in [-0.25, -0.2) is 0 Å². The zero-order valence-electron chi connectivity index (χ0n) is 11.6. The summed E-state index contributed by atoms with van der Waals surface area (Å²) in [4.78, 5) is 33.4. The summed E-state index contributed by atoms with van der Waals surface area (Å²) in [6.07, 6.45) is 0. The molecular formula is C15H12N2O5. The zero-order chi connectivity index (χ0) is 16.1. The van der Waals surface area contributed by atoms with E-state index in [0.29, 0.717) is 0 Å². The number of non-ortho nitro benzene ring substituents is 1. The van der Waals surface area contributed by atoms with Crippen molar-refractivity contribution in [2.24, 2.45) is 0 Å². The van der Waals surface area contributed by atoms with Gasteiger partial charge in [-0.2, -0.15) is 0 Å². The highest BCUT2D eigenvalue weighted by Crippen LogP contribution is 2.22. The first-order valence-corrected chi connectivity index (χ1v) is 6.30. The summed E-state index contributed by atoms with van der Waals surface area (Å²) in [6, 6.07) is 11.8. The molecule has 112 valence electrons. The number of nitrogens with zero attached hydrogens (tertiary/aromatic N) is 1. The van der Waals surface area contributed by atoms with Gasteiger partial charge in [-0.3, -0.25) is 19.7 Å². The topological polar surface area (TPSA) is 98.5 Å². The number of hydrogen-bond acceptors (Lipinski definition) is 5. The fourth-order valence-electron chi connectivity index (χ4n) is 1.79. The lowest BCUT2D eigenvalue weighted by Crippen LogP contribution is -2.14. The molecule has 1 N–H and O–H groups in total. The average molecular weight is 300 g/mol. The molecule has 2 aromatic rings. The summed E-state index contributed by atoms with van der Waals surface area (Å²) in [5, 5.41) is 13.3. The molecule has 7 nitrogen and oxygen atoms in total. The van der Waals surface area contributed by atoms with Crippen molar-refractivity contribution >= 4 is 23.3 Å². The second kappa shape index (κ2) is 6.49. The lowest BCUT2D eigenvalue weighted by molar-refractivity contribution is -0.384. The predicted molar refractivity (Wildman–Crippen MR) is 78.8 cm³/mol. The smallest absolute Gasteiger partial charge is 0.308 e. The molecule has 1 amide bonds. The maximum atomic E-state index is 12.2. The molecule has 0 fully saturated rings. The second-order valence-electron chi connectivity index (χ2n) is 4.35. The highest BCUT2D eigenvalue weighted by atomic mass is 16.6. The molecule has 0 spiro atoms. The van der Waals surface area contributed by atoms with Crippen LogP contribution in [0.2, 0.25) is 0 Å². The van der Waals surface area contributed by atoms with Gasteiger partial charge in [0.15, 0.2) is 0 Å². The summed E-state index contributed by atoms with van der Waals surface area (Å²) >= 11 is 0. The van der Waals surface area contributed by atoms with E-state index in [-0.39, 0.29) is 22.7 Å². The largest absolute Gasteiger partial charge is 0.426 e. The Hall–Kier alpha value is -3.22. The summed E-state index contributed by atoms with van der Waals surface area (Å²) in [5.74, 6) is -0.953. The number of rotatable bonds is 4. The molecule has 2 rings (SSSR count). The van der Waals surface area contributed by atoms with Crippen LogP contribution in [0.15, 0.2) is 48.5 Å². The van der Waals surface area contributed by atoms with Gasteiger partial charge in [-0.1, -0.05) is 18.2 Å². The van der Waals surface area contributed by atoms with Crippen molar-refractivity contribution in [3.63, 3.8) is 0 Å². The van der Waals surface area contributed by atoms with E-state index in [4.69, 9.17) is 4.74 Å². The number of carbonyl (C=O) groups is 2. The average Bonchev–Trinajstić information content (AvgIpc) is 2.47. The molecule has 0 bridgehead atoms. The first-order valence-electron chi connectivity index (χ1n) is 6.30. The molecule has 0 radical (unpaired) electrons. The maximum Gasteiger partial charge on any atom is 0.308 e. The van der Waals surface area contributed by atoms with Crippen molar-refractivity contribution in [2.75, 3.05) is 5.32 Å². The molecule has 0 saturated heterocycles. The van der Waals surface area contributed by atoms with Crippen LogP contribution in [0.5, 0.6) is 5.75 Å². The number of nitro groups is 1. The number of hydrogen-bond donors (Lipinski definition) is 1. The first-order chi connectivity index (χ1) is 10.5. The van der Waals surface area contributed by atoms with E-state index in [2.05, 4.69) is 5.32 Å². The predicted octanol–water partition coefficient (Wildman–Crippen LogP) is 2.77. The molecule has 0 aliphatic carbocycles. The Kier molecular flexibility index (Phi) is 4.47. The van der Waals surface area contributed by atoms with Crippen molar-refractivity contribution in [1.82, 2.24) is 0 Å². The SMILES string of the molecule is CC(=O)Oc1ccccc1C(=O)Nc1cccc([N+](=O)[O-])c1. The Bertz CT molecular complexity index is 742. The highest BCUT2D eigenvalue weighted by Gasteiger charge is 2.15. The van der Waals surface area contributed by atoms with Crippen molar-refractivity contribution in [1.29, 1.82) is 0 Å². The van der Waals surface area contributed by atoms with Crippen LogP contribution in [0.3, 0.4) is 0 Å². The molecule has 0 heterocycles. The summed E-state index contributed by atoms with van der Waals surface area (Å²) in [7, 11) is 0. The van der Waals surface area contributed by atoms with Crippen molar-refractivity contribution in [3.8, 4) is 5.75 Å². The van der Waals surface area contributed by atoms with Crippen molar-refractivity contribution in [2.45, 2.75) is 6.92 Å². The third-order valence-corrected chi connectivity index (χ3v) is 2.70. The first kappa shape index (κ1) is 15.2. The van der Waals surface area contributed by atoms with Gasteiger partial charge in [0.05, 0.1) is 10.5 Å². The number of nitrogens with one attached hydrogen (secondary N) is 1. The Balaban J connectivity index is 2.24. The van der Waals surface area contributed by atoms with E-state index >= 15 is 0 Å². The van der Waals surface area contributed by atoms with Crippen LogP contribution >= 0.6 is 0 Å². The third kappa shape index (κ3) is 3.66. The number of carbonyl (C=O) groups excluding carboxylic acids is 2. The maximum absolute atomic E-state index is 12.2. The molecular weight excluding hydrogens is 288 g/mol. The minimum absolute atomic E-state index is 0.123. The minimum Gasteiger partial charge on any atom is -0.426 e. The van der Waals surface area contributed by atoms with Crippen LogP contribution in [0.4, 0.5) is 11.4 Å². The van der Waals surface area contributed by atoms with E-state index in [1.165, 1.54) is 43.3 Å². The molecule has 22 heavy (non-hydrogen) atoms. The number of benzene rings is 2. The van der Waals surface area contributed by atoms with Gasteiger partial charge in [0.1, 0.15) is 5.75 Å². The van der Waals surface area contributed by atoms with E-state index in [1.807, 2.05) is 0 Å². The highest BCUT2D eigenvalue weighted by molar-refractivity contribution is 6.06. The van der Waals surface area contributed by atoms with E-state index in [9.17, 15) is 19.7 Å². The van der Waals surface area contributed by atoms with Gasteiger partial charge in [0.25, 0.3) is 11.6 Å². The third-order valence-electron chi connectivity index (χ3n) is 2.70. The molecule has 0 unspecified atom stereocenters. The molecule has 0 aliphatic rings. The Morgan fingerprint density at radius 3 is 2.55 bits per heavy atom. The summed E-state index contributed by atoms with van der Waals surface area (Å²) in [5.41, 5.74) is 0.298. The zero-order valence-corrected chi connectivity index (χ0v) is 11.6. The van der Waals surface area contributed by atoms with Crippen molar-refractivity contribution in [3.05, 3.63) is 64.2 Å². The minimum atomic E-state index is -0.553. The summed E-state index contributed by atoms with van der Waals surface area (Å²) in [6.45, 7) is 1.23. The van der Waals surface area contributed by atoms with Crippen LogP contribution in [-0.4, -0.2) is 16.8 Å². The lowest BCUT2D eigenvalue weighted by Gasteiger charge is -2.09. The van der Waals surface area contributed by atoms with E-state index in [0.717, 1.165) is 0 Å². The standard InChI is InChI=1S/C15H12N2O5/c1-10(18)22-14-8-3-2-7-13(14)15(19)16-11-5-4-6-12(9-11)17(20)21/h2-9H,1H3,(H,16,19). The number of esters is 1. The van der Waals surface area contributed by atoms with Gasteiger partial charge in [-0.15, -0.1) is 0 Å². The Labute approximate surface area is 125 Å². The van der Waals surface area contributed by atoms with Crippen LogP contribution in [0, 0.1) is 10.1 Å². The Morgan fingerprint density at radius 2 is 1.86 bits per heavy atom. The van der Waals surface area contributed by atoms with Gasteiger partial charge in [0.2, 0.25) is 0 Å². The van der Waals surface area contributed by atoms with Gasteiger partial charge < -0.3 is 10.1 Å². The van der Waals surface area contributed by atoms with Crippen LogP contribution in [0.25, 0.3) is 0 Å². The van der Waals surface area contributed by atoms with Gasteiger partial charge in [-0.05, 0) is 18.2 Å². The van der Waals surface area contributed by atoms with Crippen molar-refractivity contribution < 1.29 is 19.2 Å². The fourth-order valence-corrected chi connectivity index (χ4v) is 1.79. The molecule has 0 aliphatic heterocycles. The van der Waals surface area contributed by atoms with Crippen LogP contribution in [-0.2, 0) is 4.79 Å². The Morgan fingerprint density at radius 1 is 1.14 bits per heavy atom. The summed E-state index contributed by atoms with van der Waals surface area (Å²) < 4.78 is 4.96. The molecule has 0 aromatic heterocycles.